The van der Waals surface area contributed by atoms with Crippen LogP contribution in [0.3, 0.4) is 0 Å². The molecule has 1 N–H and O–H groups in total. The van der Waals surface area contributed by atoms with Crippen molar-refractivity contribution in [3.63, 3.8) is 0 Å². The summed E-state index contributed by atoms with van der Waals surface area (Å²) in [6.45, 7) is 1.66. The van der Waals surface area contributed by atoms with Crippen molar-refractivity contribution in [3.05, 3.63) is 96.0 Å². The number of rotatable bonds is 8. The number of likely N-dealkylation sites (tertiary alicyclic amines) is 1. The van der Waals surface area contributed by atoms with E-state index >= 15 is 4.39 Å². The number of carbonyl (C=O) groups excluding carboxylic acids is 1. The highest BCUT2D eigenvalue weighted by Crippen LogP contribution is 2.46. The molecule has 1 aliphatic heterocycles. The third-order valence-corrected chi connectivity index (χ3v) is 9.01. The third kappa shape index (κ3) is 5.43. The Hall–Kier alpha value is -4.64. The van der Waals surface area contributed by atoms with Crippen molar-refractivity contribution in [2.75, 3.05) is 13.1 Å². The van der Waals surface area contributed by atoms with E-state index in [-0.39, 0.29) is 34.4 Å². The number of piperidine rings is 1. The number of carbonyl (C=O) groups is 1. The van der Waals surface area contributed by atoms with Crippen LogP contribution in [-0.4, -0.2) is 59.1 Å². The van der Waals surface area contributed by atoms with Crippen LogP contribution >= 0.6 is 11.6 Å². The second kappa shape index (κ2) is 11.8. The Balaban J connectivity index is 1.23. The summed E-state index contributed by atoms with van der Waals surface area (Å²) in [5.41, 5.74) is 3.43. The summed E-state index contributed by atoms with van der Waals surface area (Å²) >= 11 is 6.16. The van der Waals surface area contributed by atoms with Gasteiger partial charge in [-0.25, -0.2) is 4.39 Å². The van der Waals surface area contributed by atoms with Gasteiger partial charge in [0.05, 0.1) is 28.0 Å². The van der Waals surface area contributed by atoms with Crippen LogP contribution in [0.1, 0.15) is 43.8 Å². The summed E-state index contributed by atoms with van der Waals surface area (Å²) in [6.07, 6.45) is 11.3. The lowest BCUT2D eigenvalue weighted by atomic mass is 10.0. The van der Waals surface area contributed by atoms with Gasteiger partial charge in [0.1, 0.15) is 12.4 Å². The molecule has 0 spiro atoms. The fourth-order valence-corrected chi connectivity index (χ4v) is 6.45. The van der Waals surface area contributed by atoms with Gasteiger partial charge in [0.25, 0.3) is 5.69 Å². The number of hydrogen-bond donors (Lipinski definition) is 1. The molecule has 2 aliphatic rings. The predicted octanol–water partition coefficient (Wildman–Crippen LogP) is 5.14. The molecule has 1 saturated heterocycles. The molecule has 1 saturated carbocycles. The standard InChI is InChI=1S/C32H31ClFN8O2/c33-26-10-12-28(41-20-35-37-38-41)30(31(26)34)22-9-11-27(42(44)19-22)29(40-18-24(17-36-40)21-7-3-1-4-8-21)16-23-15-25(23)32(43)39-13-5-2-6-14-39/h1,3-4,7-12,17-20,23,25,29,44H,2,5-6,13-16H2/q+1/t23-,25-,29?/m1/s1. The first-order chi connectivity index (χ1) is 21.5. The number of amides is 1. The number of tetrazole rings is 1. The second-order valence-corrected chi connectivity index (χ2v) is 11.9. The van der Waals surface area contributed by atoms with Crippen LogP contribution in [0.4, 0.5) is 4.39 Å². The van der Waals surface area contributed by atoms with Crippen LogP contribution in [0.2, 0.25) is 5.02 Å². The monoisotopic (exact) mass is 613 g/mol. The van der Waals surface area contributed by atoms with Gasteiger partial charge in [-0.1, -0.05) is 41.9 Å². The third-order valence-electron chi connectivity index (χ3n) is 8.72. The molecule has 12 heteroatoms. The van der Waals surface area contributed by atoms with Gasteiger partial charge in [-0.05, 0) is 72.2 Å². The number of hydrogen-bond acceptors (Lipinski definition) is 6. The highest BCUT2D eigenvalue weighted by Gasteiger charge is 2.47. The first-order valence-electron chi connectivity index (χ1n) is 14.8. The van der Waals surface area contributed by atoms with Crippen LogP contribution in [-0.2, 0) is 4.79 Å². The second-order valence-electron chi connectivity index (χ2n) is 11.5. The smallest absolute Gasteiger partial charge is 0.258 e. The Labute approximate surface area is 258 Å². The number of pyridine rings is 1. The molecule has 2 fully saturated rings. The summed E-state index contributed by atoms with van der Waals surface area (Å²) in [5.74, 6) is -0.279. The molecule has 2 aromatic carbocycles. The zero-order chi connectivity index (χ0) is 30.2. The highest BCUT2D eigenvalue weighted by atomic mass is 35.5. The lowest BCUT2D eigenvalue weighted by Crippen LogP contribution is -2.39. The summed E-state index contributed by atoms with van der Waals surface area (Å²) in [7, 11) is 0. The van der Waals surface area contributed by atoms with E-state index in [2.05, 4.69) is 15.5 Å². The van der Waals surface area contributed by atoms with Crippen molar-refractivity contribution in [1.82, 2.24) is 34.9 Å². The maximum atomic E-state index is 15.5. The van der Waals surface area contributed by atoms with Gasteiger partial charge in [0.2, 0.25) is 12.1 Å². The van der Waals surface area contributed by atoms with Crippen molar-refractivity contribution in [2.45, 2.75) is 38.1 Å². The lowest BCUT2D eigenvalue weighted by Gasteiger charge is -2.27. The fraction of sp³-hybridized carbons (Fsp3) is 0.312. The van der Waals surface area contributed by atoms with E-state index in [4.69, 9.17) is 16.7 Å². The molecule has 5 aromatic rings. The highest BCUT2D eigenvalue weighted by molar-refractivity contribution is 6.31. The molecule has 0 bridgehead atoms. The average molecular weight is 614 g/mol. The quantitative estimate of drug-likeness (QED) is 0.192. The SMILES string of the molecule is O=C([C@@H]1C[C@@H]1CC(c1ccc(-c2c(-n3cnnn3)ccc(Cl)c2F)c[n+]1O)n1cc(-c2ccccc2)cn1)N1CCCCC1. The molecule has 3 aromatic heterocycles. The van der Waals surface area contributed by atoms with Gasteiger partial charge in [-0.3, -0.25) is 14.7 Å². The minimum Gasteiger partial charge on any atom is -0.342 e. The zero-order valence-electron chi connectivity index (χ0n) is 23.9. The molecule has 1 amide bonds. The van der Waals surface area contributed by atoms with E-state index < -0.39 is 5.82 Å². The Morgan fingerprint density at radius 1 is 1.05 bits per heavy atom. The molecule has 1 unspecified atom stereocenters. The van der Waals surface area contributed by atoms with Crippen LogP contribution in [0.15, 0.2) is 79.5 Å². The average Bonchev–Trinajstić information content (AvgIpc) is 3.39. The normalized spacial score (nSPS) is 18.7. The summed E-state index contributed by atoms with van der Waals surface area (Å²) < 4.78 is 19.7. The minimum atomic E-state index is -0.652. The topological polar surface area (TPSA) is 106 Å². The van der Waals surface area contributed by atoms with E-state index in [0.717, 1.165) is 48.2 Å². The number of aromatic nitrogens is 7. The molecule has 224 valence electrons. The zero-order valence-corrected chi connectivity index (χ0v) is 24.6. The Morgan fingerprint density at radius 3 is 2.61 bits per heavy atom. The first-order valence-corrected chi connectivity index (χ1v) is 15.2. The predicted molar refractivity (Wildman–Crippen MR) is 159 cm³/mol. The number of halogens is 2. The van der Waals surface area contributed by atoms with Crippen molar-refractivity contribution < 1.29 is 19.1 Å². The molecule has 1 aliphatic carbocycles. The van der Waals surface area contributed by atoms with Gasteiger partial charge in [-0.2, -0.15) is 9.78 Å². The lowest BCUT2D eigenvalue weighted by molar-refractivity contribution is -0.910. The summed E-state index contributed by atoms with van der Waals surface area (Å²) in [6, 6.07) is 16.1. The van der Waals surface area contributed by atoms with E-state index in [1.54, 1.807) is 18.2 Å². The molecule has 4 heterocycles. The van der Waals surface area contributed by atoms with Crippen LogP contribution in [0.5, 0.6) is 0 Å². The molecule has 44 heavy (non-hydrogen) atoms. The van der Waals surface area contributed by atoms with Gasteiger partial charge in [-0.15, -0.1) is 5.10 Å². The van der Waals surface area contributed by atoms with E-state index in [0.29, 0.717) is 23.4 Å². The van der Waals surface area contributed by atoms with E-state index in [9.17, 15) is 10.0 Å². The molecular weight excluding hydrogens is 583 g/mol. The maximum absolute atomic E-state index is 15.5. The number of benzene rings is 2. The van der Waals surface area contributed by atoms with Gasteiger partial charge in [0.15, 0.2) is 5.82 Å². The Kier molecular flexibility index (Phi) is 7.55. The Morgan fingerprint density at radius 2 is 1.86 bits per heavy atom. The molecule has 0 radical (unpaired) electrons. The van der Waals surface area contributed by atoms with Crippen molar-refractivity contribution in [3.8, 4) is 27.9 Å². The molecule has 3 atom stereocenters. The fourth-order valence-electron chi connectivity index (χ4n) is 6.29. The Bertz CT molecular complexity index is 1790. The van der Waals surface area contributed by atoms with E-state index in [1.165, 1.54) is 29.7 Å². The van der Waals surface area contributed by atoms with E-state index in [1.807, 2.05) is 52.3 Å². The van der Waals surface area contributed by atoms with Crippen LogP contribution in [0.25, 0.3) is 27.9 Å². The summed E-state index contributed by atoms with van der Waals surface area (Å²) in [5, 5.41) is 27.3. The van der Waals surface area contributed by atoms with Gasteiger partial charge >= 0.3 is 0 Å². The maximum Gasteiger partial charge on any atom is 0.258 e. The first kappa shape index (κ1) is 28.1. The number of nitrogens with zero attached hydrogens (tertiary/aromatic N) is 8. The molecule has 7 rings (SSSR count). The summed E-state index contributed by atoms with van der Waals surface area (Å²) in [4.78, 5) is 15.3. The van der Waals surface area contributed by atoms with Crippen LogP contribution < -0.4 is 4.73 Å². The largest absolute Gasteiger partial charge is 0.342 e. The molecule has 10 nitrogen and oxygen atoms in total. The van der Waals surface area contributed by atoms with Crippen molar-refractivity contribution in [2.24, 2.45) is 11.8 Å². The van der Waals surface area contributed by atoms with Gasteiger partial charge < -0.3 is 4.90 Å². The molecular formula is C32H31ClFN8O2+. The van der Waals surface area contributed by atoms with Crippen molar-refractivity contribution in [1.29, 1.82) is 0 Å². The minimum absolute atomic E-state index is 0.0226. The van der Waals surface area contributed by atoms with Gasteiger partial charge in [0, 0.05) is 41.6 Å². The van der Waals surface area contributed by atoms with Crippen LogP contribution in [0, 0.1) is 17.7 Å². The van der Waals surface area contributed by atoms with Crippen molar-refractivity contribution >= 4 is 17.5 Å².